The summed E-state index contributed by atoms with van der Waals surface area (Å²) >= 11 is 0. The molecule has 0 aliphatic carbocycles. The van der Waals surface area contributed by atoms with E-state index in [0.717, 1.165) is 43.0 Å². The monoisotopic (exact) mass is 300 g/mol. The number of aliphatic imine (C=N–C) groups is 1. The van der Waals surface area contributed by atoms with Crippen LogP contribution in [0.1, 0.15) is 58.4 Å². The van der Waals surface area contributed by atoms with Gasteiger partial charge in [-0.2, -0.15) is 0 Å². The fourth-order valence-corrected chi connectivity index (χ4v) is 3.71. The molecule has 1 aromatic carbocycles. The van der Waals surface area contributed by atoms with E-state index in [1.54, 1.807) is 0 Å². The number of benzene rings is 1. The van der Waals surface area contributed by atoms with Crippen LogP contribution < -0.4 is 4.90 Å². The third-order valence-electron chi connectivity index (χ3n) is 4.90. The lowest BCUT2D eigenvalue weighted by Crippen LogP contribution is -2.48. The van der Waals surface area contributed by atoms with Crippen LogP contribution in [0.15, 0.2) is 29.3 Å². The maximum absolute atomic E-state index is 11.4. The summed E-state index contributed by atoms with van der Waals surface area (Å²) in [6.07, 6.45) is 5.46. The van der Waals surface area contributed by atoms with Gasteiger partial charge in [-0.25, -0.2) is 0 Å². The number of aliphatic hydroxyl groups is 1. The van der Waals surface area contributed by atoms with Gasteiger partial charge in [0.2, 0.25) is 0 Å². The van der Waals surface area contributed by atoms with Gasteiger partial charge >= 0.3 is 0 Å². The second-order valence-corrected chi connectivity index (χ2v) is 7.58. The summed E-state index contributed by atoms with van der Waals surface area (Å²) in [6, 6.07) is 8.28. The van der Waals surface area contributed by atoms with E-state index in [1.807, 2.05) is 6.07 Å². The highest BCUT2D eigenvalue weighted by Gasteiger charge is 2.49. The van der Waals surface area contributed by atoms with Crippen molar-refractivity contribution in [3.63, 3.8) is 0 Å². The number of amidine groups is 1. The molecule has 0 saturated heterocycles. The van der Waals surface area contributed by atoms with Crippen LogP contribution in [0.25, 0.3) is 0 Å². The quantitative estimate of drug-likeness (QED) is 0.831. The lowest BCUT2D eigenvalue weighted by atomic mass is 9.87. The molecular weight excluding hydrogens is 272 g/mol. The highest BCUT2D eigenvalue weighted by Crippen LogP contribution is 2.46. The predicted molar refractivity (Wildman–Crippen MR) is 92.5 cm³/mol. The molecule has 1 unspecified atom stereocenters. The average molecular weight is 300 g/mol. The first-order chi connectivity index (χ1) is 10.5. The lowest BCUT2D eigenvalue weighted by Gasteiger charge is -2.37. The molecule has 120 valence electrons. The number of para-hydroxylation sites is 1. The van der Waals surface area contributed by atoms with Crippen molar-refractivity contribution < 1.29 is 5.11 Å². The molecule has 0 radical (unpaired) electrons. The molecule has 2 aliphatic heterocycles. The molecule has 3 rings (SSSR count). The minimum Gasteiger partial charge on any atom is -0.377 e. The Kier molecular flexibility index (Phi) is 4.02. The molecule has 1 N–H and O–H groups in total. The van der Waals surface area contributed by atoms with Gasteiger partial charge in [0.05, 0.1) is 0 Å². The Balaban J connectivity index is 1.93. The van der Waals surface area contributed by atoms with Gasteiger partial charge in [-0.05, 0) is 18.9 Å². The third-order valence-corrected chi connectivity index (χ3v) is 4.90. The number of fused-ring (bicyclic) bond motifs is 3. The van der Waals surface area contributed by atoms with Crippen LogP contribution in [0.4, 0.5) is 5.69 Å². The van der Waals surface area contributed by atoms with Crippen LogP contribution in [0, 0.1) is 5.41 Å². The minimum absolute atomic E-state index is 0.157. The van der Waals surface area contributed by atoms with E-state index in [-0.39, 0.29) is 5.41 Å². The molecule has 0 amide bonds. The Labute approximate surface area is 134 Å². The Morgan fingerprint density at radius 2 is 1.95 bits per heavy atom. The van der Waals surface area contributed by atoms with Crippen molar-refractivity contribution >= 4 is 11.5 Å². The van der Waals surface area contributed by atoms with Crippen molar-refractivity contribution in [2.75, 3.05) is 18.0 Å². The van der Waals surface area contributed by atoms with Gasteiger partial charge in [-0.15, -0.1) is 0 Å². The molecule has 0 saturated carbocycles. The number of anilines is 1. The van der Waals surface area contributed by atoms with Gasteiger partial charge in [0.1, 0.15) is 11.4 Å². The van der Waals surface area contributed by atoms with Gasteiger partial charge in [0, 0.05) is 29.8 Å². The molecule has 2 aliphatic rings. The molecule has 3 nitrogen and oxygen atoms in total. The standard InChI is InChI=1S/C19H28N2O/c1-4-5-6-9-12-19(22)15-10-7-8-11-16(15)21-14-18(2,3)13-20-17(19)21/h7-8,10-11,22H,4-6,9,12-14H2,1-3H3. The number of hydrogen-bond donors (Lipinski definition) is 1. The largest absolute Gasteiger partial charge is 0.377 e. The molecule has 1 aromatic rings. The lowest BCUT2D eigenvalue weighted by molar-refractivity contribution is 0.0994. The van der Waals surface area contributed by atoms with Crippen molar-refractivity contribution in [1.82, 2.24) is 0 Å². The molecule has 1 atom stereocenters. The molecule has 3 heteroatoms. The second kappa shape index (κ2) is 5.69. The first-order valence-electron chi connectivity index (χ1n) is 8.62. The maximum atomic E-state index is 11.4. The summed E-state index contributed by atoms with van der Waals surface area (Å²) in [6.45, 7) is 8.43. The fraction of sp³-hybridized carbons (Fsp3) is 0.632. The van der Waals surface area contributed by atoms with Gasteiger partial charge in [-0.3, -0.25) is 4.99 Å². The number of nitrogens with zero attached hydrogens (tertiary/aromatic N) is 2. The molecule has 0 aromatic heterocycles. The Morgan fingerprint density at radius 1 is 1.18 bits per heavy atom. The molecule has 2 heterocycles. The van der Waals surface area contributed by atoms with Gasteiger partial charge in [0.15, 0.2) is 0 Å². The number of hydrogen-bond acceptors (Lipinski definition) is 3. The molecule has 0 fully saturated rings. The van der Waals surface area contributed by atoms with Crippen LogP contribution in [0.2, 0.25) is 0 Å². The summed E-state index contributed by atoms with van der Waals surface area (Å²) in [5.74, 6) is 0.879. The fourth-order valence-electron chi connectivity index (χ4n) is 3.71. The van der Waals surface area contributed by atoms with Gasteiger partial charge in [-0.1, -0.05) is 58.2 Å². The number of unbranched alkanes of at least 4 members (excludes halogenated alkanes) is 3. The van der Waals surface area contributed by atoms with Crippen molar-refractivity contribution in [2.24, 2.45) is 10.4 Å². The van der Waals surface area contributed by atoms with Gasteiger partial charge in [0.25, 0.3) is 0 Å². The summed E-state index contributed by atoms with van der Waals surface area (Å²) in [4.78, 5) is 7.05. The first kappa shape index (κ1) is 15.5. The minimum atomic E-state index is -0.888. The highest BCUT2D eigenvalue weighted by atomic mass is 16.3. The van der Waals surface area contributed by atoms with Crippen molar-refractivity contribution in [3.8, 4) is 0 Å². The van der Waals surface area contributed by atoms with Crippen LogP contribution in [-0.4, -0.2) is 24.0 Å². The average Bonchev–Trinajstić information content (AvgIpc) is 2.73. The van der Waals surface area contributed by atoms with E-state index < -0.39 is 5.60 Å². The predicted octanol–water partition coefficient (Wildman–Crippen LogP) is 4.10. The topological polar surface area (TPSA) is 35.8 Å². The summed E-state index contributed by atoms with van der Waals surface area (Å²) in [7, 11) is 0. The smallest absolute Gasteiger partial charge is 0.149 e. The SMILES string of the molecule is CCCCCCC1(O)C2=NCC(C)(C)CN2c2ccccc21. The summed E-state index contributed by atoms with van der Waals surface area (Å²) < 4.78 is 0. The van der Waals surface area contributed by atoms with Crippen molar-refractivity contribution in [2.45, 2.75) is 58.5 Å². The van der Waals surface area contributed by atoms with Crippen LogP contribution in [0.3, 0.4) is 0 Å². The Morgan fingerprint density at radius 3 is 2.73 bits per heavy atom. The van der Waals surface area contributed by atoms with Crippen molar-refractivity contribution in [3.05, 3.63) is 29.8 Å². The third kappa shape index (κ3) is 2.56. The van der Waals surface area contributed by atoms with Crippen molar-refractivity contribution in [1.29, 1.82) is 0 Å². The molecule has 0 bridgehead atoms. The van der Waals surface area contributed by atoms with Crippen LogP contribution in [-0.2, 0) is 5.60 Å². The summed E-state index contributed by atoms with van der Waals surface area (Å²) in [5.41, 5.74) is 1.46. The molecular formula is C19H28N2O. The number of rotatable bonds is 5. The normalized spacial score (nSPS) is 25.6. The van der Waals surface area contributed by atoms with E-state index >= 15 is 0 Å². The van der Waals surface area contributed by atoms with Gasteiger partial charge < -0.3 is 10.0 Å². The highest BCUT2D eigenvalue weighted by molar-refractivity contribution is 6.10. The van der Waals surface area contributed by atoms with E-state index in [2.05, 4.69) is 43.9 Å². The Bertz CT molecular complexity index is 579. The zero-order chi connectivity index (χ0) is 15.8. The maximum Gasteiger partial charge on any atom is 0.149 e. The Hall–Kier alpha value is -1.35. The van der Waals surface area contributed by atoms with E-state index in [1.165, 1.54) is 19.3 Å². The van der Waals surface area contributed by atoms with E-state index in [4.69, 9.17) is 4.99 Å². The summed E-state index contributed by atoms with van der Waals surface area (Å²) in [5, 5.41) is 11.4. The zero-order valence-corrected chi connectivity index (χ0v) is 14.1. The van der Waals surface area contributed by atoms with E-state index in [9.17, 15) is 5.11 Å². The van der Waals surface area contributed by atoms with Crippen LogP contribution in [0.5, 0.6) is 0 Å². The first-order valence-corrected chi connectivity index (χ1v) is 8.62. The molecule has 0 spiro atoms. The molecule has 22 heavy (non-hydrogen) atoms. The van der Waals surface area contributed by atoms with Crippen LogP contribution >= 0.6 is 0 Å². The zero-order valence-electron chi connectivity index (χ0n) is 14.1. The van der Waals surface area contributed by atoms with E-state index in [0.29, 0.717) is 0 Å². The second-order valence-electron chi connectivity index (χ2n) is 7.58.